The number of nitrogens with one attached hydrogen (secondary N) is 1. The maximum atomic E-state index is 12.7. The zero-order valence-corrected chi connectivity index (χ0v) is 15.6. The van der Waals surface area contributed by atoms with Crippen LogP contribution in [0.25, 0.3) is 0 Å². The molecule has 6 nitrogen and oxygen atoms in total. The molecule has 1 N–H and O–H groups in total. The van der Waals surface area contributed by atoms with Crippen LogP contribution in [0.4, 0.5) is 0 Å². The van der Waals surface area contributed by atoms with Gasteiger partial charge < -0.3 is 14.5 Å². The number of furan rings is 1. The van der Waals surface area contributed by atoms with Crippen molar-refractivity contribution in [2.24, 2.45) is 0 Å². The van der Waals surface area contributed by atoms with E-state index in [0.29, 0.717) is 17.9 Å². The van der Waals surface area contributed by atoms with Crippen LogP contribution in [0.2, 0.25) is 0 Å². The van der Waals surface area contributed by atoms with Gasteiger partial charge in [0.05, 0.1) is 11.0 Å². The molecule has 0 radical (unpaired) electrons. The number of ether oxygens (including phenoxy) is 1. The minimum Gasteiger partial charge on any atom is -0.455 e. The topological polar surface area (TPSA) is 85.6 Å². The number of rotatable bonds is 7. The minimum absolute atomic E-state index is 0.0410. The Hall–Kier alpha value is -2.12. The minimum atomic E-state index is -3.54. The Kier molecular flexibility index (Phi) is 5.78. The van der Waals surface area contributed by atoms with Crippen LogP contribution in [0.1, 0.15) is 41.6 Å². The zero-order valence-electron chi connectivity index (χ0n) is 14.7. The third-order valence-electron chi connectivity index (χ3n) is 4.42. The van der Waals surface area contributed by atoms with Gasteiger partial charge in [0.25, 0.3) is 5.91 Å². The summed E-state index contributed by atoms with van der Waals surface area (Å²) in [6.07, 6.45) is 2.60. The molecule has 0 saturated carbocycles. The fourth-order valence-corrected chi connectivity index (χ4v) is 4.62. The van der Waals surface area contributed by atoms with E-state index >= 15 is 0 Å². The first-order chi connectivity index (χ1) is 12.5. The molecule has 1 fully saturated rings. The number of hydrogen-bond acceptors (Lipinski definition) is 5. The Bertz CT molecular complexity index is 866. The fraction of sp³-hybridized carbons (Fsp3) is 0.421. The summed E-state index contributed by atoms with van der Waals surface area (Å²) in [6, 6.07) is 9.97. The molecule has 140 valence electrons. The Morgan fingerprint density at radius 3 is 2.77 bits per heavy atom. The van der Waals surface area contributed by atoms with Gasteiger partial charge in [0.1, 0.15) is 11.5 Å². The van der Waals surface area contributed by atoms with Crippen molar-refractivity contribution in [2.75, 3.05) is 13.2 Å². The van der Waals surface area contributed by atoms with Gasteiger partial charge in [-0.05, 0) is 43.0 Å². The van der Waals surface area contributed by atoms with Crippen LogP contribution in [-0.2, 0) is 26.7 Å². The summed E-state index contributed by atoms with van der Waals surface area (Å²) in [5.74, 6) is -0.281. The monoisotopic (exact) mass is 377 g/mol. The van der Waals surface area contributed by atoms with Crippen molar-refractivity contribution in [3.8, 4) is 0 Å². The molecule has 0 aliphatic carbocycles. The Labute approximate surface area is 153 Å². The summed E-state index contributed by atoms with van der Waals surface area (Å²) in [6.45, 7) is 3.07. The Morgan fingerprint density at radius 1 is 1.23 bits per heavy atom. The maximum absolute atomic E-state index is 12.7. The highest BCUT2D eigenvalue weighted by Gasteiger charge is 2.22. The molecule has 2 heterocycles. The Morgan fingerprint density at radius 2 is 2.04 bits per heavy atom. The largest absolute Gasteiger partial charge is 0.455 e. The van der Waals surface area contributed by atoms with Gasteiger partial charge in [0.2, 0.25) is 0 Å². The third-order valence-corrected chi connectivity index (χ3v) is 6.15. The van der Waals surface area contributed by atoms with Crippen LogP contribution in [0.5, 0.6) is 0 Å². The molecule has 1 aromatic heterocycles. The molecule has 3 rings (SSSR count). The smallest absolute Gasteiger partial charge is 0.287 e. The fourth-order valence-electron chi connectivity index (χ4n) is 3.04. The van der Waals surface area contributed by atoms with Gasteiger partial charge in [-0.3, -0.25) is 4.79 Å². The van der Waals surface area contributed by atoms with Crippen molar-refractivity contribution >= 4 is 15.7 Å². The first-order valence-corrected chi connectivity index (χ1v) is 10.4. The first-order valence-electron chi connectivity index (χ1n) is 8.79. The molecular weight excluding hydrogens is 354 g/mol. The van der Waals surface area contributed by atoms with Gasteiger partial charge in [0, 0.05) is 13.2 Å². The molecule has 2 aromatic rings. The standard InChI is InChI=1S/C19H23NO5S/c1-2-14-6-3-4-8-18(14)26(22,23)13-16-9-10-17(25-16)19(21)20-12-15-7-5-11-24-15/h3-4,6,8-10,15H,2,5,7,11-13H2,1H3,(H,20,21)/t15-/m0/s1. The van der Waals surface area contributed by atoms with E-state index in [1.807, 2.05) is 13.0 Å². The second-order valence-electron chi connectivity index (χ2n) is 6.33. The molecule has 1 saturated heterocycles. The lowest BCUT2D eigenvalue weighted by Crippen LogP contribution is -2.31. The second-order valence-corrected chi connectivity index (χ2v) is 8.29. The molecular formula is C19H23NO5S. The molecule has 1 atom stereocenters. The molecule has 26 heavy (non-hydrogen) atoms. The first kappa shape index (κ1) is 18.7. The van der Waals surface area contributed by atoms with Gasteiger partial charge in [-0.25, -0.2) is 8.42 Å². The van der Waals surface area contributed by atoms with Gasteiger partial charge in [-0.1, -0.05) is 25.1 Å². The van der Waals surface area contributed by atoms with Gasteiger partial charge in [-0.2, -0.15) is 0 Å². The average Bonchev–Trinajstić information content (AvgIpc) is 3.31. The summed E-state index contributed by atoms with van der Waals surface area (Å²) < 4.78 is 36.3. The van der Waals surface area contributed by atoms with E-state index in [1.165, 1.54) is 12.1 Å². The molecule has 1 aromatic carbocycles. The number of hydrogen-bond donors (Lipinski definition) is 1. The molecule has 1 aliphatic heterocycles. The molecule has 0 spiro atoms. The number of benzene rings is 1. The van der Waals surface area contributed by atoms with Crippen molar-refractivity contribution in [1.29, 1.82) is 0 Å². The van der Waals surface area contributed by atoms with Crippen molar-refractivity contribution in [3.63, 3.8) is 0 Å². The Balaban J connectivity index is 1.66. The molecule has 0 unspecified atom stereocenters. The highest BCUT2D eigenvalue weighted by molar-refractivity contribution is 7.90. The number of aryl methyl sites for hydroxylation is 1. The van der Waals surface area contributed by atoms with E-state index in [4.69, 9.17) is 9.15 Å². The van der Waals surface area contributed by atoms with Crippen LogP contribution >= 0.6 is 0 Å². The third kappa shape index (κ3) is 4.34. The lowest BCUT2D eigenvalue weighted by molar-refractivity contribution is 0.0834. The van der Waals surface area contributed by atoms with Crippen molar-refractivity contribution in [2.45, 2.75) is 42.9 Å². The van der Waals surface area contributed by atoms with Crippen molar-refractivity contribution in [3.05, 3.63) is 53.5 Å². The predicted molar refractivity (Wildman–Crippen MR) is 96.7 cm³/mol. The lowest BCUT2D eigenvalue weighted by Gasteiger charge is -2.09. The molecule has 7 heteroatoms. The molecule has 0 bridgehead atoms. The van der Waals surface area contributed by atoms with Crippen LogP contribution in [-0.4, -0.2) is 33.6 Å². The number of carbonyl (C=O) groups is 1. The number of amides is 1. The van der Waals surface area contributed by atoms with E-state index in [-0.39, 0.29) is 29.3 Å². The van der Waals surface area contributed by atoms with Crippen LogP contribution < -0.4 is 5.32 Å². The van der Waals surface area contributed by atoms with E-state index in [2.05, 4.69) is 5.32 Å². The summed E-state index contributed by atoms with van der Waals surface area (Å²) in [5.41, 5.74) is 0.772. The van der Waals surface area contributed by atoms with Gasteiger partial charge in [-0.15, -0.1) is 0 Å². The predicted octanol–water partition coefficient (Wildman–Crippen LogP) is 2.72. The molecule has 1 aliphatic rings. The summed E-state index contributed by atoms with van der Waals surface area (Å²) in [7, 11) is -3.54. The van der Waals surface area contributed by atoms with Crippen molar-refractivity contribution in [1.82, 2.24) is 5.32 Å². The van der Waals surface area contributed by atoms with E-state index < -0.39 is 9.84 Å². The normalized spacial score (nSPS) is 17.3. The van der Waals surface area contributed by atoms with E-state index in [1.54, 1.807) is 18.2 Å². The lowest BCUT2D eigenvalue weighted by atomic mass is 10.2. The van der Waals surface area contributed by atoms with E-state index in [9.17, 15) is 13.2 Å². The van der Waals surface area contributed by atoms with Crippen molar-refractivity contribution < 1.29 is 22.4 Å². The van der Waals surface area contributed by atoms with Crippen LogP contribution in [0.3, 0.4) is 0 Å². The highest BCUT2D eigenvalue weighted by atomic mass is 32.2. The number of carbonyl (C=O) groups excluding carboxylic acids is 1. The summed E-state index contributed by atoms with van der Waals surface area (Å²) >= 11 is 0. The zero-order chi connectivity index (χ0) is 18.6. The van der Waals surface area contributed by atoms with Crippen LogP contribution in [0, 0.1) is 0 Å². The number of sulfone groups is 1. The highest BCUT2D eigenvalue weighted by Crippen LogP contribution is 2.22. The second kappa shape index (κ2) is 8.05. The van der Waals surface area contributed by atoms with E-state index in [0.717, 1.165) is 25.0 Å². The maximum Gasteiger partial charge on any atom is 0.287 e. The van der Waals surface area contributed by atoms with Gasteiger partial charge >= 0.3 is 0 Å². The summed E-state index contributed by atoms with van der Waals surface area (Å²) in [4.78, 5) is 12.4. The molecule has 1 amide bonds. The van der Waals surface area contributed by atoms with Crippen LogP contribution in [0.15, 0.2) is 45.7 Å². The average molecular weight is 377 g/mol. The SMILES string of the molecule is CCc1ccccc1S(=O)(=O)Cc1ccc(C(=O)NC[C@@H]2CCCO2)o1. The summed E-state index contributed by atoms with van der Waals surface area (Å²) in [5, 5.41) is 2.76. The van der Waals surface area contributed by atoms with Gasteiger partial charge in [0.15, 0.2) is 15.6 Å². The quantitative estimate of drug-likeness (QED) is 0.802.